The van der Waals surface area contributed by atoms with Gasteiger partial charge in [0.15, 0.2) is 0 Å². The summed E-state index contributed by atoms with van der Waals surface area (Å²) in [7, 11) is 0. The molecule has 0 spiro atoms. The molecule has 0 bridgehead atoms. The number of benzene rings is 1. The minimum Gasteiger partial charge on any atom is -0.307 e. The third-order valence-electron chi connectivity index (χ3n) is 2.40. The number of hydrogen-bond acceptors (Lipinski definition) is 5. The molecule has 6 heteroatoms. The Hall–Kier alpha value is -2.34. The van der Waals surface area contributed by atoms with E-state index in [9.17, 15) is 10.1 Å². The highest BCUT2D eigenvalue weighted by molar-refractivity contribution is 5.32. The summed E-state index contributed by atoms with van der Waals surface area (Å²) in [6, 6.07) is 6.47. The fourth-order valence-electron chi connectivity index (χ4n) is 1.49. The van der Waals surface area contributed by atoms with Crippen molar-refractivity contribution in [1.29, 1.82) is 0 Å². The number of nitro benzene ring substituents is 1. The van der Waals surface area contributed by atoms with Crippen molar-refractivity contribution in [1.82, 2.24) is 15.3 Å². The van der Waals surface area contributed by atoms with Gasteiger partial charge in [0.05, 0.1) is 10.6 Å². The summed E-state index contributed by atoms with van der Waals surface area (Å²) in [6.07, 6.45) is 4.96. The molecule has 92 valence electrons. The van der Waals surface area contributed by atoms with Crippen LogP contribution in [-0.4, -0.2) is 14.9 Å². The first-order valence-electron chi connectivity index (χ1n) is 5.44. The standard InChI is InChI=1S/C12H12N4O2/c17-16(18)12-3-1-10(2-4-12)7-14-9-11-8-13-5-6-15-11/h1-6,8,14H,7,9H2. The van der Waals surface area contributed by atoms with Gasteiger partial charge >= 0.3 is 0 Å². The van der Waals surface area contributed by atoms with Crippen molar-refractivity contribution in [3.05, 3.63) is 64.2 Å². The molecule has 0 atom stereocenters. The van der Waals surface area contributed by atoms with E-state index in [1.54, 1.807) is 30.7 Å². The molecule has 2 rings (SSSR count). The van der Waals surface area contributed by atoms with Crippen molar-refractivity contribution < 1.29 is 4.92 Å². The predicted octanol–water partition coefficient (Wildman–Crippen LogP) is 1.67. The van der Waals surface area contributed by atoms with Crippen LogP contribution in [0.15, 0.2) is 42.9 Å². The number of nitrogens with one attached hydrogen (secondary N) is 1. The molecule has 18 heavy (non-hydrogen) atoms. The lowest BCUT2D eigenvalue weighted by atomic mass is 10.2. The zero-order valence-corrected chi connectivity index (χ0v) is 9.61. The first-order chi connectivity index (χ1) is 8.75. The number of nitrogens with zero attached hydrogens (tertiary/aromatic N) is 3. The second kappa shape index (κ2) is 5.83. The molecular weight excluding hydrogens is 232 g/mol. The van der Waals surface area contributed by atoms with Gasteiger partial charge in [-0.2, -0.15) is 0 Å². The van der Waals surface area contributed by atoms with Gasteiger partial charge < -0.3 is 5.32 Å². The summed E-state index contributed by atoms with van der Waals surface area (Å²) in [5.41, 5.74) is 1.96. The highest BCUT2D eigenvalue weighted by Gasteiger charge is 2.03. The largest absolute Gasteiger partial charge is 0.307 e. The summed E-state index contributed by atoms with van der Waals surface area (Å²) in [6.45, 7) is 1.25. The van der Waals surface area contributed by atoms with Crippen LogP contribution in [0.3, 0.4) is 0 Å². The zero-order valence-electron chi connectivity index (χ0n) is 9.61. The Morgan fingerprint density at radius 2 is 1.94 bits per heavy atom. The summed E-state index contributed by atoms with van der Waals surface area (Å²) < 4.78 is 0. The van der Waals surface area contributed by atoms with Crippen LogP contribution in [0.1, 0.15) is 11.3 Å². The van der Waals surface area contributed by atoms with E-state index in [4.69, 9.17) is 0 Å². The highest BCUT2D eigenvalue weighted by atomic mass is 16.6. The van der Waals surface area contributed by atoms with E-state index in [1.807, 2.05) is 0 Å². The SMILES string of the molecule is O=[N+]([O-])c1ccc(CNCc2cnccn2)cc1. The van der Waals surface area contributed by atoms with Crippen molar-refractivity contribution in [2.24, 2.45) is 0 Å². The van der Waals surface area contributed by atoms with E-state index in [0.29, 0.717) is 13.1 Å². The maximum absolute atomic E-state index is 10.5. The molecule has 1 aromatic heterocycles. The molecule has 0 radical (unpaired) electrons. The van der Waals surface area contributed by atoms with E-state index >= 15 is 0 Å². The molecule has 0 saturated heterocycles. The number of non-ortho nitro benzene ring substituents is 1. The van der Waals surface area contributed by atoms with Crippen molar-refractivity contribution in [3.63, 3.8) is 0 Å². The van der Waals surface area contributed by atoms with Crippen molar-refractivity contribution in [2.75, 3.05) is 0 Å². The summed E-state index contributed by atoms with van der Waals surface area (Å²) in [4.78, 5) is 18.2. The minimum absolute atomic E-state index is 0.104. The van der Waals surface area contributed by atoms with Gasteiger partial charge in [-0.3, -0.25) is 20.1 Å². The molecule has 0 amide bonds. The van der Waals surface area contributed by atoms with Crippen LogP contribution in [0.4, 0.5) is 5.69 Å². The third kappa shape index (κ3) is 3.33. The lowest BCUT2D eigenvalue weighted by Crippen LogP contribution is -2.13. The molecule has 0 saturated carbocycles. The molecule has 0 unspecified atom stereocenters. The number of nitro groups is 1. The molecule has 1 heterocycles. The molecule has 0 aliphatic carbocycles. The average Bonchev–Trinajstić information content (AvgIpc) is 2.40. The third-order valence-corrected chi connectivity index (χ3v) is 2.40. The van der Waals surface area contributed by atoms with Crippen LogP contribution in [0.2, 0.25) is 0 Å². The Balaban J connectivity index is 1.85. The highest BCUT2D eigenvalue weighted by Crippen LogP contribution is 2.11. The monoisotopic (exact) mass is 244 g/mol. The first kappa shape index (κ1) is 12.1. The quantitative estimate of drug-likeness (QED) is 0.639. The second-order valence-electron chi connectivity index (χ2n) is 3.72. The van der Waals surface area contributed by atoms with Crippen molar-refractivity contribution in [3.8, 4) is 0 Å². The molecule has 0 aliphatic heterocycles. The van der Waals surface area contributed by atoms with E-state index in [1.165, 1.54) is 12.1 Å². The zero-order chi connectivity index (χ0) is 12.8. The maximum atomic E-state index is 10.5. The normalized spacial score (nSPS) is 10.2. The fraction of sp³-hybridized carbons (Fsp3) is 0.167. The molecular formula is C12H12N4O2. The van der Waals surface area contributed by atoms with E-state index in [2.05, 4.69) is 15.3 Å². The van der Waals surface area contributed by atoms with Crippen LogP contribution in [0.5, 0.6) is 0 Å². The fourth-order valence-corrected chi connectivity index (χ4v) is 1.49. The van der Waals surface area contributed by atoms with Gasteiger partial charge in [-0.05, 0) is 5.56 Å². The molecule has 1 aromatic carbocycles. The molecule has 0 fully saturated rings. The van der Waals surface area contributed by atoms with Gasteiger partial charge in [0.1, 0.15) is 0 Å². The summed E-state index contributed by atoms with van der Waals surface area (Å²) >= 11 is 0. The topological polar surface area (TPSA) is 81.0 Å². The van der Waals surface area contributed by atoms with E-state index in [-0.39, 0.29) is 5.69 Å². The van der Waals surface area contributed by atoms with Gasteiger partial charge in [-0.25, -0.2) is 0 Å². The van der Waals surface area contributed by atoms with E-state index < -0.39 is 4.92 Å². The van der Waals surface area contributed by atoms with Crippen LogP contribution < -0.4 is 5.32 Å². The Labute approximate surface area is 104 Å². The maximum Gasteiger partial charge on any atom is 0.269 e. The van der Waals surface area contributed by atoms with Crippen LogP contribution in [0, 0.1) is 10.1 Å². The smallest absolute Gasteiger partial charge is 0.269 e. The van der Waals surface area contributed by atoms with Crippen LogP contribution in [-0.2, 0) is 13.1 Å². The van der Waals surface area contributed by atoms with Crippen molar-refractivity contribution in [2.45, 2.75) is 13.1 Å². The van der Waals surface area contributed by atoms with Gasteiger partial charge in [-0.15, -0.1) is 0 Å². The number of rotatable bonds is 5. The lowest BCUT2D eigenvalue weighted by Gasteiger charge is -2.03. The minimum atomic E-state index is -0.406. The van der Waals surface area contributed by atoms with Gasteiger partial charge in [0, 0.05) is 43.8 Å². The average molecular weight is 244 g/mol. The number of aromatic nitrogens is 2. The van der Waals surface area contributed by atoms with Gasteiger partial charge in [0.25, 0.3) is 5.69 Å². The van der Waals surface area contributed by atoms with Gasteiger partial charge in [-0.1, -0.05) is 12.1 Å². The van der Waals surface area contributed by atoms with Crippen LogP contribution in [0.25, 0.3) is 0 Å². The summed E-state index contributed by atoms with van der Waals surface area (Å²) in [5.74, 6) is 0. The van der Waals surface area contributed by atoms with Crippen molar-refractivity contribution >= 4 is 5.69 Å². The Bertz CT molecular complexity index is 513. The molecule has 6 nitrogen and oxygen atoms in total. The van der Waals surface area contributed by atoms with E-state index in [0.717, 1.165) is 11.3 Å². The molecule has 1 N–H and O–H groups in total. The lowest BCUT2D eigenvalue weighted by molar-refractivity contribution is -0.384. The molecule has 2 aromatic rings. The Morgan fingerprint density at radius 1 is 1.17 bits per heavy atom. The summed E-state index contributed by atoms with van der Waals surface area (Å²) in [5, 5.41) is 13.7. The first-order valence-corrected chi connectivity index (χ1v) is 5.44. The predicted molar refractivity (Wildman–Crippen MR) is 65.7 cm³/mol. The van der Waals surface area contributed by atoms with Crippen LogP contribution >= 0.6 is 0 Å². The second-order valence-corrected chi connectivity index (χ2v) is 3.72. The Morgan fingerprint density at radius 3 is 2.56 bits per heavy atom. The number of hydrogen-bond donors (Lipinski definition) is 1. The molecule has 0 aliphatic rings. The van der Waals surface area contributed by atoms with Gasteiger partial charge in [0.2, 0.25) is 0 Å². The Kier molecular flexibility index (Phi) is 3.93.